The Balaban J connectivity index is 0.000000253. The van der Waals surface area contributed by atoms with Gasteiger partial charge in [-0.05, 0) is 30.5 Å². The number of ketones is 2. The monoisotopic (exact) mass is 896 g/mol. The molecule has 0 unspecified atom stereocenters. The Hall–Kier alpha value is -1.99. The normalized spacial score (nSPS) is 10.1. The minimum atomic E-state index is -0.275. The molecule has 3 aromatic carbocycles. The number of carbonyl (C=O) groups excluding carboxylic acids is 2. The minimum Gasteiger partial charge on any atom is -0.293 e. The summed E-state index contributed by atoms with van der Waals surface area (Å²) in [4.78, 5) is 34.8. The molecule has 7 heteroatoms. The molecule has 4 rings (SSSR count). The van der Waals surface area contributed by atoms with Crippen LogP contribution >= 0.6 is 43.5 Å². The van der Waals surface area contributed by atoms with Gasteiger partial charge in [0.15, 0.2) is 5.78 Å². The number of hydrogen-bond acceptors (Lipinski definition) is 3. The van der Waals surface area contributed by atoms with Gasteiger partial charge in [0, 0.05) is 26.5 Å². The van der Waals surface area contributed by atoms with E-state index in [1.807, 2.05) is 54.6 Å². The second-order valence-corrected chi connectivity index (χ2v) is 16.4. The summed E-state index contributed by atoms with van der Waals surface area (Å²) in [6.45, 7) is 4.45. The summed E-state index contributed by atoms with van der Waals surface area (Å²) in [5.41, 5.74) is 1.52. The van der Waals surface area contributed by atoms with E-state index in [1.165, 1.54) is 64.8 Å². The number of Topliss-reactive ketones (excluding diaryl/α,β-unsaturated/α-hetero) is 2. The number of halogens is 3. The van der Waals surface area contributed by atoms with Crippen molar-refractivity contribution in [3.63, 3.8) is 0 Å². The summed E-state index contributed by atoms with van der Waals surface area (Å²) in [6.07, 6.45) is 14.6. The van der Waals surface area contributed by atoms with Crippen LogP contribution in [0.4, 0.5) is 0 Å². The first-order chi connectivity index (χ1) is 22.8. The van der Waals surface area contributed by atoms with E-state index in [1.54, 1.807) is 12.1 Å². The van der Waals surface area contributed by atoms with Crippen molar-refractivity contribution >= 4 is 84.2 Å². The molecular weight excluding hydrogens is 851 g/mol. The van der Waals surface area contributed by atoms with Gasteiger partial charge in [0.2, 0.25) is 5.78 Å². The molecular formula is C40H45Br2ClO3Te. The fourth-order valence-electron chi connectivity index (χ4n) is 4.61. The van der Waals surface area contributed by atoms with Crippen LogP contribution in [0, 0.1) is 11.8 Å². The zero-order chi connectivity index (χ0) is 34.3. The van der Waals surface area contributed by atoms with Gasteiger partial charge in [-0.2, -0.15) is 0 Å². The van der Waals surface area contributed by atoms with Crippen LogP contribution in [0.1, 0.15) is 109 Å². The van der Waals surface area contributed by atoms with Crippen molar-refractivity contribution < 1.29 is 9.59 Å². The molecule has 0 N–H and O–H groups in total. The summed E-state index contributed by atoms with van der Waals surface area (Å²) >= 11 is 11.7. The van der Waals surface area contributed by atoms with Gasteiger partial charge in [0.25, 0.3) is 0 Å². The van der Waals surface area contributed by atoms with Crippen LogP contribution in [-0.2, 0) is 6.42 Å². The van der Waals surface area contributed by atoms with E-state index in [0.29, 0.717) is 11.1 Å². The average Bonchev–Trinajstić information content (AvgIpc) is 3.08. The predicted molar refractivity (Wildman–Crippen MR) is 208 cm³/mol. The maximum Gasteiger partial charge on any atom is 0.178 e. The summed E-state index contributed by atoms with van der Waals surface area (Å²) < 4.78 is 4.39. The molecule has 0 spiro atoms. The average molecular weight is 897 g/mol. The van der Waals surface area contributed by atoms with Gasteiger partial charge < -0.3 is 0 Å². The number of unbranched alkanes of at least 4 members (excludes halogenated alkanes) is 9. The molecule has 0 aliphatic rings. The fraction of sp³-hybridized carbons (Fsp3) is 0.375. The van der Waals surface area contributed by atoms with E-state index in [0.717, 1.165) is 33.6 Å². The van der Waals surface area contributed by atoms with Gasteiger partial charge in [-0.15, -0.1) is 11.6 Å². The molecule has 0 atom stereocenters. The molecule has 0 amide bonds. The first-order valence-corrected chi connectivity index (χ1v) is 20.9. The van der Waals surface area contributed by atoms with Crippen LogP contribution in [0.2, 0.25) is 0 Å². The van der Waals surface area contributed by atoms with E-state index >= 15 is 0 Å². The molecule has 1 heterocycles. The molecule has 0 saturated heterocycles. The minimum absolute atomic E-state index is 0.0304. The molecule has 4 aromatic rings. The molecule has 0 aliphatic heterocycles. The molecule has 1 aromatic heterocycles. The van der Waals surface area contributed by atoms with Crippen LogP contribution in [0.25, 0.3) is 8.79 Å². The Morgan fingerprint density at radius 3 is 1.89 bits per heavy atom. The van der Waals surface area contributed by atoms with Crippen molar-refractivity contribution in [3.05, 3.63) is 113 Å². The Morgan fingerprint density at radius 2 is 1.28 bits per heavy atom. The fourth-order valence-corrected chi connectivity index (χ4v) is 8.92. The molecule has 0 bridgehead atoms. The summed E-state index contributed by atoms with van der Waals surface area (Å²) in [6, 6.07) is 24.7. The quantitative estimate of drug-likeness (QED) is 0.0316. The Bertz CT molecular complexity index is 1650. The summed E-state index contributed by atoms with van der Waals surface area (Å²) in [5, 5.41) is 0.953. The van der Waals surface area contributed by atoms with Gasteiger partial charge in [-0.25, -0.2) is 0 Å². The number of fused-ring (bicyclic) bond motifs is 1. The standard InChI is InChI=1S/C16H19BrO.C16H20OTe.C8H6BrClO/c1-2-3-4-5-6-7-8-13-16(18)14-11-9-10-12-15(14)17;1-2-3-4-5-6-9-13-12-15(17)14-10-7-8-11-16(14)18-13;9-7-4-2-1-3-6(7)8(11)5-10/h9-12H,2-7H2,1H3;7-8,10-12H,2-6,9H2,1H3;1-4H,5H2. The molecule has 250 valence electrons. The van der Waals surface area contributed by atoms with Crippen molar-refractivity contribution in [1.82, 2.24) is 0 Å². The summed E-state index contributed by atoms with van der Waals surface area (Å²) in [7, 11) is 0. The van der Waals surface area contributed by atoms with E-state index in [4.69, 9.17) is 11.6 Å². The number of benzene rings is 3. The second-order valence-electron chi connectivity index (χ2n) is 11.0. The zero-order valence-corrected chi connectivity index (χ0v) is 33.7. The number of carbonyl (C=O) groups is 2. The van der Waals surface area contributed by atoms with Gasteiger partial charge in [-0.3, -0.25) is 9.59 Å². The van der Waals surface area contributed by atoms with Crippen LogP contribution < -0.4 is 5.43 Å². The van der Waals surface area contributed by atoms with Gasteiger partial charge >= 0.3 is 119 Å². The van der Waals surface area contributed by atoms with E-state index in [-0.39, 0.29) is 43.3 Å². The number of aryl methyl sites for hydroxylation is 1. The zero-order valence-electron chi connectivity index (χ0n) is 27.5. The van der Waals surface area contributed by atoms with E-state index in [2.05, 4.69) is 69.7 Å². The van der Waals surface area contributed by atoms with Crippen LogP contribution in [-0.4, -0.2) is 37.9 Å². The molecule has 0 saturated carbocycles. The first kappa shape index (κ1) is 41.2. The van der Waals surface area contributed by atoms with Gasteiger partial charge in [0.1, 0.15) is 0 Å². The van der Waals surface area contributed by atoms with Crippen molar-refractivity contribution in [2.45, 2.75) is 90.9 Å². The van der Waals surface area contributed by atoms with Crippen LogP contribution in [0.15, 0.2) is 92.6 Å². The Labute approximate surface area is 312 Å². The third-order valence-corrected chi connectivity index (χ3v) is 12.2. The Morgan fingerprint density at radius 1 is 0.723 bits per heavy atom. The smallest absolute Gasteiger partial charge is 0.178 e. The van der Waals surface area contributed by atoms with E-state index in [9.17, 15) is 14.4 Å². The topological polar surface area (TPSA) is 51.2 Å². The van der Waals surface area contributed by atoms with E-state index < -0.39 is 0 Å². The number of hydrogen-bond donors (Lipinski definition) is 0. The first-order valence-electron chi connectivity index (χ1n) is 16.5. The summed E-state index contributed by atoms with van der Waals surface area (Å²) in [5.74, 6) is 5.55. The van der Waals surface area contributed by atoms with Gasteiger partial charge in [0.05, 0.1) is 5.88 Å². The third kappa shape index (κ3) is 16.3. The Kier molecular flexibility index (Phi) is 21.9. The second kappa shape index (κ2) is 25.0. The van der Waals surface area contributed by atoms with Crippen molar-refractivity contribution in [2.24, 2.45) is 0 Å². The largest absolute Gasteiger partial charge is 0.293 e. The maximum absolute atomic E-state index is 12.0. The predicted octanol–water partition coefficient (Wildman–Crippen LogP) is 11.6. The molecule has 47 heavy (non-hydrogen) atoms. The van der Waals surface area contributed by atoms with Gasteiger partial charge in [-0.1, -0.05) is 101 Å². The number of rotatable bonds is 14. The molecule has 0 fully saturated rings. The van der Waals surface area contributed by atoms with Crippen molar-refractivity contribution in [3.8, 4) is 11.8 Å². The molecule has 0 aliphatic carbocycles. The third-order valence-electron chi connectivity index (χ3n) is 7.23. The van der Waals surface area contributed by atoms with Crippen LogP contribution in [0.3, 0.4) is 0 Å². The number of alkyl halides is 1. The maximum atomic E-state index is 12.0. The van der Waals surface area contributed by atoms with Crippen molar-refractivity contribution in [1.29, 1.82) is 0 Å². The van der Waals surface area contributed by atoms with Crippen molar-refractivity contribution in [2.75, 3.05) is 5.88 Å². The molecule has 0 radical (unpaired) electrons. The van der Waals surface area contributed by atoms with Crippen LogP contribution in [0.5, 0.6) is 0 Å². The molecule has 3 nitrogen and oxygen atoms in total. The SMILES string of the molecule is CCCCCCCC#CC(=O)c1ccccc1Br.CCCCCCCc1cc(=O)c2ccccc2[te]1.O=C(CCl)c1ccccc1Br.